The highest BCUT2D eigenvalue weighted by Crippen LogP contribution is 2.35. The lowest BCUT2D eigenvalue weighted by molar-refractivity contribution is -0.139. The van der Waals surface area contributed by atoms with Crippen molar-refractivity contribution in [2.45, 2.75) is 31.7 Å². The Kier molecular flexibility index (Phi) is 6.45. The SMILES string of the molecule is CC(C)CC(C(=O)O)c1ccc(C2(NC(=O)c3cc4c(Cl)c(Cl)ccc4n3C)COC2)cc1. The number of hydrogen-bond donors (Lipinski definition) is 2. The summed E-state index contributed by atoms with van der Waals surface area (Å²) in [6.07, 6.45) is 0.563. The van der Waals surface area contributed by atoms with Gasteiger partial charge in [0, 0.05) is 18.0 Å². The molecule has 0 radical (unpaired) electrons. The lowest BCUT2D eigenvalue weighted by Crippen LogP contribution is -2.59. The highest BCUT2D eigenvalue weighted by molar-refractivity contribution is 6.45. The molecule has 1 fully saturated rings. The van der Waals surface area contributed by atoms with Crippen LogP contribution in [0.2, 0.25) is 10.0 Å². The summed E-state index contributed by atoms with van der Waals surface area (Å²) in [4.78, 5) is 25.0. The van der Waals surface area contributed by atoms with E-state index in [2.05, 4.69) is 5.32 Å². The molecule has 0 bridgehead atoms. The van der Waals surface area contributed by atoms with Crippen molar-refractivity contribution in [2.75, 3.05) is 13.2 Å². The molecule has 6 nitrogen and oxygen atoms in total. The molecule has 0 spiro atoms. The molecule has 2 N–H and O–H groups in total. The van der Waals surface area contributed by atoms with Gasteiger partial charge < -0.3 is 19.7 Å². The normalized spacial score (nSPS) is 15.9. The maximum atomic E-state index is 13.3. The van der Waals surface area contributed by atoms with Crippen LogP contribution in [0.3, 0.4) is 0 Å². The number of aryl methyl sites for hydroxylation is 1. The first-order chi connectivity index (χ1) is 15.6. The number of hydrogen-bond acceptors (Lipinski definition) is 3. The average molecular weight is 489 g/mol. The van der Waals surface area contributed by atoms with E-state index in [9.17, 15) is 14.7 Å². The van der Waals surface area contributed by atoms with Gasteiger partial charge in [0.15, 0.2) is 0 Å². The quantitative estimate of drug-likeness (QED) is 0.469. The van der Waals surface area contributed by atoms with E-state index < -0.39 is 17.4 Å². The molecule has 2 aromatic carbocycles. The van der Waals surface area contributed by atoms with Crippen molar-refractivity contribution in [2.24, 2.45) is 13.0 Å². The number of amides is 1. The van der Waals surface area contributed by atoms with Crippen molar-refractivity contribution in [1.29, 1.82) is 0 Å². The van der Waals surface area contributed by atoms with Crippen molar-refractivity contribution >= 4 is 46.0 Å². The molecule has 1 atom stereocenters. The number of aromatic nitrogens is 1. The Bertz CT molecular complexity index is 1210. The largest absolute Gasteiger partial charge is 0.481 e. The van der Waals surface area contributed by atoms with Crippen molar-refractivity contribution in [3.05, 3.63) is 69.3 Å². The fourth-order valence-electron chi connectivity index (χ4n) is 4.35. The molecule has 1 aromatic heterocycles. The molecule has 3 aromatic rings. The van der Waals surface area contributed by atoms with Crippen LogP contribution in [0.4, 0.5) is 0 Å². The first-order valence-electron chi connectivity index (χ1n) is 10.8. The second kappa shape index (κ2) is 9.01. The lowest BCUT2D eigenvalue weighted by Gasteiger charge is -2.42. The highest BCUT2D eigenvalue weighted by Gasteiger charge is 2.42. The minimum atomic E-state index is -0.832. The number of nitrogens with zero attached hydrogens (tertiary/aromatic N) is 1. The maximum absolute atomic E-state index is 13.3. The number of carboxylic acid groups (broad SMARTS) is 1. The van der Waals surface area contributed by atoms with Crippen molar-refractivity contribution in [3.8, 4) is 0 Å². The second-order valence-electron chi connectivity index (χ2n) is 9.05. The second-order valence-corrected chi connectivity index (χ2v) is 9.84. The summed E-state index contributed by atoms with van der Waals surface area (Å²) >= 11 is 12.5. The molecular formula is C25H26Cl2N2O4. The average Bonchev–Trinajstić information content (AvgIpc) is 3.09. The maximum Gasteiger partial charge on any atom is 0.310 e. The Morgan fingerprint density at radius 2 is 1.82 bits per heavy atom. The summed E-state index contributed by atoms with van der Waals surface area (Å²) in [7, 11) is 1.81. The van der Waals surface area contributed by atoms with Crippen molar-refractivity contribution < 1.29 is 19.4 Å². The number of nitrogens with one attached hydrogen (secondary N) is 1. The van der Waals surface area contributed by atoms with E-state index in [0.717, 1.165) is 16.6 Å². The monoisotopic (exact) mass is 488 g/mol. The van der Waals surface area contributed by atoms with Gasteiger partial charge in [-0.3, -0.25) is 9.59 Å². The van der Waals surface area contributed by atoms with Crippen LogP contribution in [0, 0.1) is 5.92 Å². The van der Waals surface area contributed by atoms with Crippen LogP contribution in [-0.2, 0) is 22.1 Å². The van der Waals surface area contributed by atoms with Gasteiger partial charge in [-0.15, -0.1) is 0 Å². The standard InChI is InChI=1S/C25H26Cl2N2O4/c1-14(2)10-17(24(31)32)15-4-6-16(7-5-15)25(12-33-13-25)28-23(30)21-11-18-20(29(21)3)9-8-19(26)22(18)27/h4-9,11,14,17H,10,12-13H2,1-3H3,(H,28,30)(H,31,32). The van der Waals surface area contributed by atoms with E-state index in [1.807, 2.05) is 44.2 Å². The van der Waals surface area contributed by atoms with E-state index >= 15 is 0 Å². The zero-order valence-electron chi connectivity index (χ0n) is 18.7. The van der Waals surface area contributed by atoms with Crippen molar-refractivity contribution in [1.82, 2.24) is 9.88 Å². The van der Waals surface area contributed by atoms with Crippen LogP contribution in [0.5, 0.6) is 0 Å². The van der Waals surface area contributed by atoms with E-state index in [-0.39, 0.29) is 11.8 Å². The van der Waals surface area contributed by atoms with Crippen LogP contribution < -0.4 is 5.32 Å². The smallest absolute Gasteiger partial charge is 0.310 e. The molecule has 1 unspecified atom stereocenters. The number of ether oxygens (including phenoxy) is 1. The fourth-order valence-corrected chi connectivity index (χ4v) is 4.73. The molecule has 1 saturated heterocycles. The van der Waals surface area contributed by atoms with E-state index in [1.54, 1.807) is 23.7 Å². The Morgan fingerprint density at radius 3 is 2.36 bits per heavy atom. The Morgan fingerprint density at radius 1 is 1.15 bits per heavy atom. The molecule has 8 heteroatoms. The first-order valence-corrected chi connectivity index (χ1v) is 11.6. The molecule has 2 heterocycles. The molecule has 33 heavy (non-hydrogen) atoms. The lowest BCUT2D eigenvalue weighted by atomic mass is 9.84. The minimum Gasteiger partial charge on any atom is -0.481 e. The van der Waals surface area contributed by atoms with Gasteiger partial charge in [-0.05, 0) is 41.7 Å². The van der Waals surface area contributed by atoms with E-state index in [0.29, 0.717) is 40.8 Å². The van der Waals surface area contributed by atoms with Crippen LogP contribution in [0.25, 0.3) is 10.9 Å². The van der Waals surface area contributed by atoms with Gasteiger partial charge in [-0.2, -0.15) is 0 Å². The van der Waals surface area contributed by atoms with Gasteiger partial charge in [0.25, 0.3) is 5.91 Å². The van der Waals surface area contributed by atoms with Gasteiger partial charge >= 0.3 is 5.97 Å². The third-order valence-corrected chi connectivity index (χ3v) is 7.09. The number of carbonyl (C=O) groups excluding carboxylic acids is 1. The number of rotatable bonds is 7. The van der Waals surface area contributed by atoms with Gasteiger partial charge in [-0.25, -0.2) is 0 Å². The fraction of sp³-hybridized carbons (Fsp3) is 0.360. The first kappa shape index (κ1) is 23.6. The number of carboxylic acids is 1. The number of fused-ring (bicyclic) bond motifs is 1. The number of aliphatic carboxylic acids is 1. The molecule has 174 valence electrons. The summed E-state index contributed by atoms with van der Waals surface area (Å²) in [5, 5.41) is 14.3. The molecular weight excluding hydrogens is 463 g/mol. The molecule has 1 aliphatic rings. The van der Waals surface area contributed by atoms with Gasteiger partial charge in [0.2, 0.25) is 0 Å². The summed E-state index contributed by atoms with van der Waals surface area (Å²) in [5.41, 5.74) is 2.22. The predicted molar refractivity (Wildman–Crippen MR) is 129 cm³/mol. The highest BCUT2D eigenvalue weighted by atomic mass is 35.5. The molecule has 1 amide bonds. The summed E-state index contributed by atoms with van der Waals surface area (Å²) in [5.74, 6) is -1.38. The van der Waals surface area contributed by atoms with Crippen molar-refractivity contribution in [3.63, 3.8) is 0 Å². The van der Waals surface area contributed by atoms with Crippen LogP contribution >= 0.6 is 23.2 Å². The van der Waals surface area contributed by atoms with Crippen LogP contribution in [0.1, 0.15) is 47.8 Å². The molecule has 0 saturated carbocycles. The Hall–Kier alpha value is -2.54. The molecule has 1 aliphatic heterocycles. The predicted octanol–water partition coefficient (Wildman–Crippen LogP) is 5.35. The molecule has 0 aliphatic carbocycles. The zero-order chi connectivity index (χ0) is 23.9. The van der Waals surface area contributed by atoms with Gasteiger partial charge in [-0.1, -0.05) is 61.3 Å². The summed E-state index contributed by atoms with van der Waals surface area (Å²) < 4.78 is 7.25. The number of halogens is 2. The van der Waals surface area contributed by atoms with Crippen LogP contribution in [-0.4, -0.2) is 34.8 Å². The minimum absolute atomic E-state index is 0.253. The van der Waals surface area contributed by atoms with Crippen LogP contribution in [0.15, 0.2) is 42.5 Å². The zero-order valence-corrected chi connectivity index (χ0v) is 20.2. The molecule has 4 rings (SSSR count). The summed E-state index contributed by atoms with van der Waals surface area (Å²) in [6.45, 7) is 4.69. The van der Waals surface area contributed by atoms with Gasteiger partial charge in [0.05, 0.1) is 29.2 Å². The van der Waals surface area contributed by atoms with Gasteiger partial charge in [0.1, 0.15) is 11.2 Å². The Labute approximate surface area is 202 Å². The topological polar surface area (TPSA) is 80.6 Å². The summed E-state index contributed by atoms with van der Waals surface area (Å²) in [6, 6.07) is 12.7. The third kappa shape index (κ3) is 4.35. The van der Waals surface area contributed by atoms with E-state index in [4.69, 9.17) is 27.9 Å². The Balaban J connectivity index is 1.60. The third-order valence-electron chi connectivity index (χ3n) is 6.27. The van der Waals surface area contributed by atoms with E-state index in [1.165, 1.54) is 0 Å². The number of carbonyl (C=O) groups is 2. The number of benzene rings is 2.